The zero-order valence-electron chi connectivity index (χ0n) is 29.2. The van der Waals surface area contributed by atoms with E-state index in [9.17, 15) is 19.8 Å². The maximum absolute atomic E-state index is 14.1. The number of ether oxygens (including phenoxy) is 2. The first-order valence-electron chi connectivity index (χ1n) is 17.7. The van der Waals surface area contributed by atoms with Gasteiger partial charge in [0.05, 0.1) is 37.5 Å². The fourth-order valence-corrected chi connectivity index (χ4v) is 6.84. The molecule has 0 aromatic heterocycles. The molecule has 5 rings (SSSR count). The van der Waals surface area contributed by atoms with Gasteiger partial charge >= 0.3 is 6.09 Å². The molecule has 1 aliphatic heterocycles. The van der Waals surface area contributed by atoms with Crippen LogP contribution in [-0.2, 0) is 40.1 Å². The first-order valence-corrected chi connectivity index (χ1v) is 17.7. The maximum Gasteiger partial charge on any atom is 0.407 e. The van der Waals surface area contributed by atoms with Crippen LogP contribution < -0.4 is 5.32 Å². The number of aryl methyl sites for hydroxylation is 1. The van der Waals surface area contributed by atoms with Crippen LogP contribution in [0, 0.1) is 0 Å². The third-order valence-corrected chi connectivity index (χ3v) is 9.36. The third kappa shape index (κ3) is 10.9. The van der Waals surface area contributed by atoms with Crippen molar-refractivity contribution in [3.05, 3.63) is 107 Å². The van der Waals surface area contributed by atoms with Gasteiger partial charge in [-0.05, 0) is 80.8 Å². The molecule has 1 saturated heterocycles. The summed E-state index contributed by atoms with van der Waals surface area (Å²) in [7, 11) is 0. The van der Waals surface area contributed by atoms with Gasteiger partial charge in [-0.2, -0.15) is 0 Å². The topological polar surface area (TPSA) is 112 Å². The van der Waals surface area contributed by atoms with Crippen molar-refractivity contribution in [2.24, 2.45) is 0 Å². The Bertz CT molecular complexity index is 1490. The number of carbonyl (C=O) groups excluding carboxylic acids is 2. The lowest BCUT2D eigenvalue weighted by Crippen LogP contribution is -2.47. The highest BCUT2D eigenvalue weighted by atomic mass is 16.6. The average Bonchev–Trinajstić information content (AvgIpc) is 3.41. The molecule has 0 unspecified atom stereocenters. The Hall–Kier alpha value is -3.76. The molecule has 9 nitrogen and oxygen atoms in total. The van der Waals surface area contributed by atoms with Gasteiger partial charge in [0, 0.05) is 32.5 Å². The molecular formula is C40H53N3O6. The minimum Gasteiger partial charge on any atom is -0.444 e. The Balaban J connectivity index is 1.27. The molecule has 2 amide bonds. The number of fused-ring (bicyclic) bond motifs is 1. The molecule has 9 heteroatoms. The van der Waals surface area contributed by atoms with E-state index in [-0.39, 0.29) is 18.7 Å². The van der Waals surface area contributed by atoms with E-state index in [1.807, 2.05) is 54.6 Å². The molecule has 264 valence electrons. The van der Waals surface area contributed by atoms with Crippen LogP contribution in [0.2, 0.25) is 0 Å². The molecule has 3 aromatic rings. The third-order valence-electron chi connectivity index (χ3n) is 9.36. The summed E-state index contributed by atoms with van der Waals surface area (Å²) in [6, 6.07) is 24.8. The number of amides is 2. The lowest BCUT2D eigenvalue weighted by atomic mass is 9.97. The fourth-order valence-electron chi connectivity index (χ4n) is 6.84. The smallest absolute Gasteiger partial charge is 0.407 e. The fraction of sp³-hybridized carbons (Fsp3) is 0.500. The summed E-state index contributed by atoms with van der Waals surface area (Å²) >= 11 is 0. The predicted molar refractivity (Wildman–Crippen MR) is 190 cm³/mol. The lowest BCUT2D eigenvalue weighted by molar-refractivity contribution is -0.137. The van der Waals surface area contributed by atoms with Gasteiger partial charge in [-0.3, -0.25) is 9.69 Å². The molecule has 1 fully saturated rings. The van der Waals surface area contributed by atoms with E-state index in [0.717, 1.165) is 67.9 Å². The minimum absolute atomic E-state index is 0.0491. The van der Waals surface area contributed by atoms with Crippen molar-refractivity contribution in [1.82, 2.24) is 15.1 Å². The number of alkyl carbamates (subject to hydrolysis) is 1. The second kappa shape index (κ2) is 17.3. The SMILES string of the molecule is CC(C)(C)OC(=O)N[C@@H](Cc1ccccc1)[C@@H](O)CCC(=O)N(Cc1ccc(CCCN2CCOCC2)cc1)[C@H]1c2ccccc2C[C@H]1O. The van der Waals surface area contributed by atoms with Crippen molar-refractivity contribution >= 4 is 12.0 Å². The van der Waals surface area contributed by atoms with Crippen LogP contribution in [0.25, 0.3) is 0 Å². The second-order valence-corrected chi connectivity index (χ2v) is 14.4. The van der Waals surface area contributed by atoms with Gasteiger partial charge in [0.25, 0.3) is 0 Å². The number of aliphatic hydroxyl groups excluding tert-OH is 2. The molecule has 2 aliphatic rings. The van der Waals surface area contributed by atoms with Crippen LogP contribution in [0.1, 0.15) is 73.9 Å². The molecule has 49 heavy (non-hydrogen) atoms. The van der Waals surface area contributed by atoms with E-state index >= 15 is 0 Å². The van der Waals surface area contributed by atoms with Crippen molar-refractivity contribution in [2.75, 3.05) is 32.8 Å². The minimum atomic E-state index is -1.00. The average molecular weight is 672 g/mol. The highest BCUT2D eigenvalue weighted by Crippen LogP contribution is 2.37. The van der Waals surface area contributed by atoms with Crippen molar-refractivity contribution in [3.8, 4) is 0 Å². The van der Waals surface area contributed by atoms with Crippen molar-refractivity contribution in [3.63, 3.8) is 0 Å². The summed E-state index contributed by atoms with van der Waals surface area (Å²) in [4.78, 5) is 31.1. The zero-order chi connectivity index (χ0) is 34.8. The molecule has 3 aromatic carbocycles. The Morgan fingerprint density at radius 1 is 0.959 bits per heavy atom. The van der Waals surface area contributed by atoms with Crippen LogP contribution in [-0.4, -0.2) is 88.7 Å². The van der Waals surface area contributed by atoms with Crippen molar-refractivity contribution in [2.45, 2.75) is 95.7 Å². The highest BCUT2D eigenvalue weighted by molar-refractivity contribution is 5.77. The maximum atomic E-state index is 14.1. The Morgan fingerprint density at radius 2 is 1.63 bits per heavy atom. The quantitative estimate of drug-likeness (QED) is 0.216. The van der Waals surface area contributed by atoms with E-state index < -0.39 is 36.0 Å². The van der Waals surface area contributed by atoms with Crippen LogP contribution in [0.15, 0.2) is 78.9 Å². The van der Waals surface area contributed by atoms with Crippen LogP contribution >= 0.6 is 0 Å². The molecule has 3 N–H and O–H groups in total. The molecular weight excluding hydrogens is 618 g/mol. The number of morpholine rings is 1. The Morgan fingerprint density at radius 3 is 2.35 bits per heavy atom. The van der Waals surface area contributed by atoms with Gasteiger partial charge in [0.2, 0.25) is 5.91 Å². The second-order valence-electron chi connectivity index (χ2n) is 14.4. The zero-order valence-corrected chi connectivity index (χ0v) is 29.2. The van der Waals surface area contributed by atoms with Gasteiger partial charge in [-0.1, -0.05) is 78.9 Å². The molecule has 1 heterocycles. The summed E-state index contributed by atoms with van der Waals surface area (Å²) in [6.07, 6.45) is 0.751. The van der Waals surface area contributed by atoms with Crippen molar-refractivity contribution < 1.29 is 29.3 Å². The van der Waals surface area contributed by atoms with Gasteiger partial charge in [0.15, 0.2) is 0 Å². The number of aliphatic hydroxyl groups is 2. The van der Waals surface area contributed by atoms with E-state index in [4.69, 9.17) is 9.47 Å². The summed E-state index contributed by atoms with van der Waals surface area (Å²) < 4.78 is 10.9. The van der Waals surface area contributed by atoms with Crippen LogP contribution in [0.5, 0.6) is 0 Å². The molecule has 1 aliphatic carbocycles. The normalized spacial score (nSPS) is 19.1. The Labute approximate surface area is 291 Å². The van der Waals surface area contributed by atoms with Crippen LogP contribution in [0.3, 0.4) is 0 Å². The van der Waals surface area contributed by atoms with Gasteiger partial charge in [-0.25, -0.2) is 4.79 Å². The number of benzene rings is 3. The molecule has 0 spiro atoms. The lowest BCUT2D eigenvalue weighted by Gasteiger charge is -2.33. The number of hydrogen-bond acceptors (Lipinski definition) is 7. The van der Waals surface area contributed by atoms with E-state index in [1.54, 1.807) is 25.7 Å². The first-order chi connectivity index (χ1) is 23.6. The number of rotatable bonds is 14. The monoisotopic (exact) mass is 671 g/mol. The number of hydrogen-bond donors (Lipinski definition) is 3. The molecule has 0 saturated carbocycles. The van der Waals surface area contributed by atoms with Crippen molar-refractivity contribution in [1.29, 1.82) is 0 Å². The standard InChI is InChI=1S/C40H53N3O6/c1-40(2,3)49-39(47)41-34(26-30-10-5-4-6-11-30)35(44)19-20-37(46)43(38-33-14-8-7-13-32(33)27-36(38)45)28-31-17-15-29(16-18-31)12-9-21-42-22-24-48-25-23-42/h4-8,10-11,13-18,34-36,38,44-45H,9,12,19-28H2,1-3H3,(H,41,47)/t34-,35-,36+,38-/m0/s1. The van der Waals surface area contributed by atoms with Crippen LogP contribution in [0.4, 0.5) is 4.79 Å². The van der Waals surface area contributed by atoms with E-state index in [1.165, 1.54) is 5.56 Å². The Kier molecular flexibility index (Phi) is 12.9. The van der Waals surface area contributed by atoms with Gasteiger partial charge < -0.3 is 29.9 Å². The van der Waals surface area contributed by atoms with Gasteiger partial charge in [0.1, 0.15) is 5.60 Å². The molecule has 0 radical (unpaired) electrons. The van der Waals surface area contributed by atoms with E-state index in [2.05, 4.69) is 34.5 Å². The first kappa shape index (κ1) is 36.5. The number of carbonyl (C=O) groups is 2. The summed E-state index contributed by atoms with van der Waals surface area (Å²) in [5.74, 6) is -0.162. The summed E-state index contributed by atoms with van der Waals surface area (Å²) in [5.41, 5.74) is 4.49. The molecule has 4 atom stereocenters. The summed E-state index contributed by atoms with van der Waals surface area (Å²) in [5, 5.41) is 25.5. The van der Waals surface area contributed by atoms with E-state index in [0.29, 0.717) is 19.4 Å². The summed E-state index contributed by atoms with van der Waals surface area (Å²) in [6.45, 7) is 10.4. The largest absolute Gasteiger partial charge is 0.444 e. The predicted octanol–water partition coefficient (Wildman–Crippen LogP) is 5.22. The highest BCUT2D eigenvalue weighted by Gasteiger charge is 2.38. The molecule has 0 bridgehead atoms. The number of nitrogens with zero attached hydrogens (tertiary/aromatic N) is 2. The van der Waals surface area contributed by atoms with Gasteiger partial charge in [-0.15, -0.1) is 0 Å². The number of nitrogens with one attached hydrogen (secondary N) is 1.